The second kappa shape index (κ2) is 9.17. The van der Waals surface area contributed by atoms with E-state index in [2.05, 4.69) is 16.1 Å². The summed E-state index contributed by atoms with van der Waals surface area (Å²) in [6.45, 7) is 1.13. The smallest absolute Gasteiger partial charge is 0.310 e. The van der Waals surface area contributed by atoms with Crippen LogP contribution in [0.1, 0.15) is 42.9 Å². The molecule has 8 heteroatoms. The summed E-state index contributed by atoms with van der Waals surface area (Å²) < 4.78 is 33.2. The minimum Gasteiger partial charge on any atom is -0.469 e. The zero-order valence-electron chi connectivity index (χ0n) is 14.9. The van der Waals surface area contributed by atoms with Crippen LogP contribution < -0.4 is 10.0 Å². The van der Waals surface area contributed by atoms with E-state index in [1.54, 1.807) is 0 Å². The second-order valence-corrected chi connectivity index (χ2v) is 8.79. The Morgan fingerprint density at radius 3 is 2.77 bits per heavy atom. The van der Waals surface area contributed by atoms with Crippen LogP contribution in [0.4, 0.5) is 0 Å². The van der Waals surface area contributed by atoms with Gasteiger partial charge in [0.25, 0.3) is 0 Å². The third-order valence-corrected chi connectivity index (χ3v) is 7.24. The molecule has 26 heavy (non-hydrogen) atoms. The number of esters is 1. The molecule has 0 amide bonds. The van der Waals surface area contributed by atoms with Crippen molar-refractivity contribution in [1.29, 1.82) is 0 Å². The Kier molecular flexibility index (Phi) is 7.46. The molecule has 0 radical (unpaired) electrons. The lowest BCUT2D eigenvalue weighted by Crippen LogP contribution is -2.46. The number of hydrogen-bond acceptors (Lipinski definition) is 5. The minimum absolute atomic E-state index is 0. The first-order chi connectivity index (χ1) is 12.0. The van der Waals surface area contributed by atoms with E-state index >= 15 is 0 Å². The Labute approximate surface area is 161 Å². The molecule has 6 nitrogen and oxygen atoms in total. The van der Waals surface area contributed by atoms with Gasteiger partial charge in [-0.3, -0.25) is 4.79 Å². The normalized spacial score (nSPS) is 25.7. The van der Waals surface area contributed by atoms with Gasteiger partial charge >= 0.3 is 5.97 Å². The predicted molar refractivity (Wildman–Crippen MR) is 103 cm³/mol. The van der Waals surface area contributed by atoms with Gasteiger partial charge in [-0.25, -0.2) is 13.1 Å². The summed E-state index contributed by atoms with van der Waals surface area (Å²) in [5.41, 5.74) is 2.40. The molecule has 1 fully saturated rings. The van der Waals surface area contributed by atoms with E-state index < -0.39 is 27.2 Å². The lowest BCUT2D eigenvalue weighted by Gasteiger charge is -2.31. The molecule has 0 aromatic heterocycles. The van der Waals surface area contributed by atoms with Crippen molar-refractivity contribution in [2.45, 2.75) is 43.4 Å². The van der Waals surface area contributed by atoms with Gasteiger partial charge in [0.05, 0.1) is 18.3 Å². The van der Waals surface area contributed by atoms with Crippen LogP contribution in [-0.2, 0) is 26.0 Å². The van der Waals surface area contributed by atoms with Crippen LogP contribution in [0, 0.1) is 5.92 Å². The fraction of sp³-hybridized carbons (Fsp3) is 0.611. The number of benzene rings is 1. The van der Waals surface area contributed by atoms with Gasteiger partial charge in [-0.15, -0.1) is 12.4 Å². The molecular formula is C18H27ClN2O4S. The molecule has 3 atom stereocenters. The van der Waals surface area contributed by atoms with Gasteiger partial charge in [0.15, 0.2) is 0 Å². The lowest BCUT2D eigenvalue weighted by molar-refractivity contribution is -0.146. The average Bonchev–Trinajstić information content (AvgIpc) is 2.65. The van der Waals surface area contributed by atoms with Crippen LogP contribution in [0.3, 0.4) is 0 Å². The van der Waals surface area contributed by atoms with E-state index in [0.29, 0.717) is 19.4 Å². The number of halogens is 1. The molecule has 1 aromatic carbocycles. The fourth-order valence-electron chi connectivity index (χ4n) is 3.97. The Bertz CT molecular complexity index is 726. The van der Waals surface area contributed by atoms with Gasteiger partial charge in [-0.1, -0.05) is 37.1 Å². The summed E-state index contributed by atoms with van der Waals surface area (Å²) in [5.74, 6) is -0.987. The molecule has 3 rings (SSSR count). The van der Waals surface area contributed by atoms with E-state index in [4.69, 9.17) is 4.74 Å². The van der Waals surface area contributed by atoms with Crippen molar-refractivity contribution >= 4 is 28.4 Å². The number of methoxy groups -OCH3 is 1. The number of rotatable bonds is 5. The number of carbonyl (C=O) groups is 1. The maximum absolute atomic E-state index is 12.8. The molecule has 1 saturated carbocycles. The number of ether oxygens (including phenoxy) is 1. The zero-order valence-corrected chi connectivity index (χ0v) is 16.6. The minimum atomic E-state index is -3.58. The summed E-state index contributed by atoms with van der Waals surface area (Å²) in [4.78, 5) is 12.0. The predicted octanol–water partition coefficient (Wildman–Crippen LogP) is 1.95. The molecule has 1 aliphatic heterocycles. The van der Waals surface area contributed by atoms with Gasteiger partial charge in [-0.2, -0.15) is 0 Å². The van der Waals surface area contributed by atoms with Crippen molar-refractivity contribution in [1.82, 2.24) is 10.0 Å². The summed E-state index contributed by atoms with van der Waals surface area (Å²) in [6.07, 6.45) is 3.71. The second-order valence-electron chi connectivity index (χ2n) is 6.80. The van der Waals surface area contributed by atoms with Crippen molar-refractivity contribution in [3.8, 4) is 0 Å². The molecule has 1 aromatic rings. The topological polar surface area (TPSA) is 84.5 Å². The fourth-order valence-corrected chi connectivity index (χ4v) is 5.74. The first kappa shape index (κ1) is 21.2. The number of hydrogen-bond donors (Lipinski definition) is 2. The van der Waals surface area contributed by atoms with Crippen molar-refractivity contribution in [2.75, 3.05) is 20.2 Å². The molecule has 2 N–H and O–H groups in total. The number of fused-ring (bicyclic) bond motifs is 1. The van der Waals surface area contributed by atoms with Crippen molar-refractivity contribution in [3.63, 3.8) is 0 Å². The number of sulfonamides is 1. The Morgan fingerprint density at radius 2 is 2.00 bits per heavy atom. The molecule has 0 saturated heterocycles. The van der Waals surface area contributed by atoms with Crippen LogP contribution in [0.2, 0.25) is 0 Å². The molecule has 2 aliphatic rings. The summed E-state index contributed by atoms with van der Waals surface area (Å²) >= 11 is 0. The van der Waals surface area contributed by atoms with Crippen LogP contribution in [0.15, 0.2) is 24.3 Å². The third kappa shape index (κ3) is 4.57. The molecule has 1 heterocycles. The van der Waals surface area contributed by atoms with E-state index in [0.717, 1.165) is 31.4 Å². The van der Waals surface area contributed by atoms with Crippen molar-refractivity contribution in [2.24, 2.45) is 5.92 Å². The average molecular weight is 403 g/mol. The highest BCUT2D eigenvalue weighted by Crippen LogP contribution is 2.30. The van der Waals surface area contributed by atoms with Gasteiger partial charge in [0.2, 0.25) is 10.0 Å². The SMILES string of the molecule is COC(=O)C1CCCCC1S(=O)(=O)NCC1NCCc2ccccc21.Cl. The van der Waals surface area contributed by atoms with Crippen LogP contribution >= 0.6 is 12.4 Å². The summed E-state index contributed by atoms with van der Waals surface area (Å²) in [7, 11) is -2.26. The molecule has 1 aliphatic carbocycles. The van der Waals surface area contributed by atoms with E-state index in [1.807, 2.05) is 18.2 Å². The van der Waals surface area contributed by atoms with Gasteiger partial charge < -0.3 is 10.1 Å². The Balaban J connectivity index is 0.00000243. The van der Waals surface area contributed by atoms with Crippen molar-refractivity contribution in [3.05, 3.63) is 35.4 Å². The number of nitrogens with one attached hydrogen (secondary N) is 2. The van der Waals surface area contributed by atoms with Gasteiger partial charge in [0, 0.05) is 12.6 Å². The maximum atomic E-state index is 12.8. The monoisotopic (exact) mass is 402 g/mol. The Hall–Kier alpha value is -1.15. The number of carbonyl (C=O) groups excluding carboxylic acids is 1. The van der Waals surface area contributed by atoms with E-state index in [1.165, 1.54) is 12.7 Å². The summed E-state index contributed by atoms with van der Waals surface area (Å²) in [5, 5.41) is 2.68. The standard InChI is InChI=1S/C18H26N2O4S.ClH/c1-24-18(21)15-8-4-5-9-17(15)25(22,23)20-12-16-14-7-3-2-6-13(14)10-11-19-16;/h2-3,6-7,15-17,19-20H,4-5,8-12H2,1H3;1H. The van der Waals surface area contributed by atoms with Crippen LogP contribution in [0.5, 0.6) is 0 Å². The largest absolute Gasteiger partial charge is 0.469 e. The van der Waals surface area contributed by atoms with E-state index in [9.17, 15) is 13.2 Å². The zero-order chi connectivity index (χ0) is 17.9. The quantitative estimate of drug-likeness (QED) is 0.735. The molecule has 0 bridgehead atoms. The van der Waals surface area contributed by atoms with Crippen molar-refractivity contribution < 1.29 is 17.9 Å². The highest BCUT2D eigenvalue weighted by molar-refractivity contribution is 7.90. The Morgan fingerprint density at radius 1 is 1.27 bits per heavy atom. The van der Waals surface area contributed by atoms with Gasteiger partial charge in [0.1, 0.15) is 0 Å². The molecular weight excluding hydrogens is 376 g/mol. The van der Waals surface area contributed by atoms with Crippen LogP contribution in [0.25, 0.3) is 0 Å². The van der Waals surface area contributed by atoms with Crippen LogP contribution in [-0.4, -0.2) is 39.8 Å². The van der Waals surface area contributed by atoms with E-state index in [-0.39, 0.29) is 18.4 Å². The lowest BCUT2D eigenvalue weighted by atomic mass is 9.89. The molecule has 146 valence electrons. The summed E-state index contributed by atoms with van der Waals surface area (Å²) in [6, 6.07) is 8.07. The van der Waals surface area contributed by atoms with Gasteiger partial charge in [-0.05, 0) is 36.9 Å². The molecule has 3 unspecified atom stereocenters. The highest BCUT2D eigenvalue weighted by atomic mass is 35.5. The third-order valence-electron chi connectivity index (χ3n) is 5.31. The maximum Gasteiger partial charge on any atom is 0.310 e. The first-order valence-corrected chi connectivity index (χ1v) is 10.4. The molecule has 0 spiro atoms. The highest BCUT2D eigenvalue weighted by Gasteiger charge is 2.40. The first-order valence-electron chi connectivity index (χ1n) is 8.90.